The minimum atomic E-state index is -4.97. The molecular formula is C46H56N3O16S5+. The van der Waals surface area contributed by atoms with E-state index in [-0.39, 0.29) is 54.6 Å². The standard InChI is InChI=1S/C46H55N3O16S5/c1-7-63-42(50)19-12-24-47(6)68(55,56)38-16-11-15-34-32(38)20-22-36-43(34)45(2,3)40(49(36)26-14-28-67(52,53)54)17-9-8-10-18-41-46(4,5)44-35-29-31(69(57,58)59)30-39(70(60,61)62)33(35)21-23-37(44)48(41)25-13-27-66-65-64-51/h8-11,15-18,20-23,29-30H,7,12-14,19,24-28H2,1-6H3,(H3-,51,52,53,54,57,58,59,60,61,62)/p+1. The lowest BCUT2D eigenvalue weighted by atomic mass is 9.79. The predicted molar refractivity (Wildman–Crippen MR) is 266 cm³/mol. The van der Waals surface area contributed by atoms with Crippen molar-refractivity contribution in [3.63, 3.8) is 0 Å². The first-order valence-electron chi connectivity index (χ1n) is 21.9. The minimum absolute atomic E-state index is 0.0320. The van der Waals surface area contributed by atoms with Gasteiger partial charge in [-0.2, -0.15) is 29.8 Å². The lowest BCUT2D eigenvalue weighted by molar-refractivity contribution is -0.438. The van der Waals surface area contributed by atoms with Crippen molar-refractivity contribution >= 4 is 97.0 Å². The Hall–Kier alpha value is -4.57. The van der Waals surface area contributed by atoms with Gasteiger partial charge in [-0.3, -0.25) is 18.5 Å². The van der Waals surface area contributed by atoms with Gasteiger partial charge < -0.3 is 9.64 Å². The Bertz CT molecular complexity index is 3290. The number of carbonyl (C=O) groups excluding carboxylic acids is 1. The summed E-state index contributed by atoms with van der Waals surface area (Å²) >= 11 is 0.856. The number of hydrogen-bond donors (Lipinski definition) is 4. The molecule has 0 unspecified atom stereocenters. The van der Waals surface area contributed by atoms with Gasteiger partial charge in [0, 0.05) is 96.1 Å². The summed E-state index contributed by atoms with van der Waals surface area (Å²) in [5.74, 6) is -0.547. The summed E-state index contributed by atoms with van der Waals surface area (Å²) in [4.78, 5) is 12.5. The quantitative estimate of drug-likeness (QED) is 0.00875. The lowest BCUT2D eigenvalue weighted by Crippen LogP contribution is -2.28. The van der Waals surface area contributed by atoms with E-state index >= 15 is 0 Å². The number of allylic oxidation sites excluding steroid dienone is 6. The summed E-state index contributed by atoms with van der Waals surface area (Å²) in [6, 6.07) is 13.5. The molecule has 4 aromatic rings. The van der Waals surface area contributed by atoms with Gasteiger partial charge in [-0.05, 0) is 86.4 Å². The van der Waals surface area contributed by atoms with Gasteiger partial charge in [-0.1, -0.05) is 55.3 Å². The molecule has 0 aromatic heterocycles. The third-order valence-corrected chi connectivity index (χ3v) is 17.4. The van der Waals surface area contributed by atoms with Crippen LogP contribution < -0.4 is 4.90 Å². The Morgan fingerprint density at radius 2 is 1.50 bits per heavy atom. The topological polar surface area (TPSA) is 272 Å². The number of fused-ring (bicyclic) bond motifs is 6. The van der Waals surface area contributed by atoms with Crippen LogP contribution in [0.1, 0.15) is 71.4 Å². The van der Waals surface area contributed by atoms with E-state index in [2.05, 4.69) is 9.37 Å². The van der Waals surface area contributed by atoms with Gasteiger partial charge in [0.2, 0.25) is 15.7 Å². The Balaban J connectivity index is 1.40. The average molecular weight is 1070 g/mol. The molecule has 24 heteroatoms. The molecular weight excluding hydrogens is 1010 g/mol. The van der Waals surface area contributed by atoms with Crippen molar-refractivity contribution in [2.75, 3.05) is 49.7 Å². The molecule has 0 spiro atoms. The van der Waals surface area contributed by atoms with Crippen LogP contribution >= 0.6 is 12.0 Å². The molecule has 70 heavy (non-hydrogen) atoms. The summed E-state index contributed by atoms with van der Waals surface area (Å²) in [5, 5.41) is 13.6. The maximum Gasteiger partial charge on any atom is 0.305 e. The maximum absolute atomic E-state index is 14.0. The number of benzene rings is 4. The fourth-order valence-electron chi connectivity index (χ4n) is 9.37. The zero-order valence-electron chi connectivity index (χ0n) is 39.2. The number of ether oxygens (including phenoxy) is 1. The third kappa shape index (κ3) is 11.5. The van der Waals surface area contributed by atoms with Crippen LogP contribution in [-0.2, 0) is 70.1 Å². The average Bonchev–Trinajstić information content (AvgIpc) is 3.62. The van der Waals surface area contributed by atoms with Gasteiger partial charge in [-0.15, -0.1) is 4.33 Å². The summed E-state index contributed by atoms with van der Waals surface area (Å²) < 4.78 is 144. The number of nitrogens with zero attached hydrogens (tertiary/aromatic N) is 3. The molecule has 0 saturated heterocycles. The van der Waals surface area contributed by atoms with Crippen molar-refractivity contribution in [1.82, 2.24) is 4.31 Å². The highest BCUT2D eigenvalue weighted by atomic mass is 32.2. The van der Waals surface area contributed by atoms with E-state index in [0.717, 1.165) is 23.3 Å². The molecule has 0 saturated carbocycles. The van der Waals surface area contributed by atoms with E-state index < -0.39 is 72.7 Å². The second kappa shape index (κ2) is 21.3. The molecule has 2 heterocycles. The number of sulfonamides is 1. The molecule has 19 nitrogen and oxygen atoms in total. The second-order valence-electron chi connectivity index (χ2n) is 17.7. The van der Waals surface area contributed by atoms with E-state index in [4.69, 9.17) is 9.99 Å². The highest BCUT2D eigenvalue weighted by Gasteiger charge is 2.46. The van der Waals surface area contributed by atoms with Crippen molar-refractivity contribution in [3.05, 3.63) is 102 Å². The van der Waals surface area contributed by atoms with Crippen LogP contribution in [0.3, 0.4) is 0 Å². The van der Waals surface area contributed by atoms with Crippen LogP contribution in [0.2, 0.25) is 0 Å². The number of anilines is 1. The molecule has 0 bridgehead atoms. The number of rotatable bonds is 22. The molecule has 0 atom stereocenters. The zero-order valence-corrected chi connectivity index (χ0v) is 43.3. The lowest BCUT2D eigenvalue weighted by Gasteiger charge is -2.27. The summed E-state index contributed by atoms with van der Waals surface area (Å²) in [7, 11) is -16.8. The second-order valence-corrected chi connectivity index (χ2v) is 24.8. The van der Waals surface area contributed by atoms with Crippen LogP contribution in [0.5, 0.6) is 0 Å². The van der Waals surface area contributed by atoms with Crippen molar-refractivity contribution < 1.29 is 76.1 Å². The fourth-order valence-corrected chi connectivity index (χ4v) is 13.0. The zero-order chi connectivity index (χ0) is 51.6. The highest BCUT2D eigenvalue weighted by molar-refractivity contribution is 7.94. The van der Waals surface area contributed by atoms with Gasteiger partial charge >= 0.3 is 5.97 Å². The largest absolute Gasteiger partial charge is 0.466 e. The van der Waals surface area contributed by atoms with Gasteiger partial charge in [-0.25, -0.2) is 18.0 Å². The molecule has 0 aliphatic carbocycles. The number of carbonyl (C=O) groups is 1. The molecule has 6 rings (SSSR count). The molecule has 4 aromatic carbocycles. The summed E-state index contributed by atoms with van der Waals surface area (Å²) in [5.41, 5.74) is 2.32. The summed E-state index contributed by atoms with van der Waals surface area (Å²) in [6.07, 6.45) is 9.87. The monoisotopic (exact) mass is 1070 g/mol. The fraction of sp³-hybridized carbons (Fsp3) is 0.391. The van der Waals surface area contributed by atoms with Crippen LogP contribution in [0.15, 0.2) is 105 Å². The first-order chi connectivity index (χ1) is 32.7. The van der Waals surface area contributed by atoms with Crippen LogP contribution in [0.25, 0.3) is 21.5 Å². The molecule has 2 aliphatic rings. The Morgan fingerprint density at radius 3 is 2.16 bits per heavy atom. The molecule has 380 valence electrons. The normalized spacial score (nSPS) is 16.7. The van der Waals surface area contributed by atoms with Crippen molar-refractivity contribution in [1.29, 1.82) is 0 Å². The van der Waals surface area contributed by atoms with E-state index in [9.17, 15) is 52.1 Å². The van der Waals surface area contributed by atoms with Gasteiger partial charge in [0.05, 0.1) is 27.6 Å². The van der Waals surface area contributed by atoms with Crippen molar-refractivity contribution in [3.8, 4) is 0 Å². The third-order valence-electron chi connectivity index (χ3n) is 12.4. The number of hydrogen-bond acceptors (Lipinski definition) is 15. The van der Waals surface area contributed by atoms with Gasteiger partial charge in [0.15, 0.2) is 5.71 Å². The van der Waals surface area contributed by atoms with Crippen LogP contribution in [0.4, 0.5) is 11.4 Å². The smallest absolute Gasteiger partial charge is 0.305 e. The van der Waals surface area contributed by atoms with Crippen molar-refractivity contribution in [2.45, 2.75) is 85.8 Å². The van der Waals surface area contributed by atoms with Crippen LogP contribution in [-0.4, -0.2) is 118 Å². The molecule has 0 amide bonds. The Labute approximate surface area is 412 Å². The van der Waals surface area contributed by atoms with E-state index in [1.165, 1.54) is 29.6 Å². The predicted octanol–water partition coefficient (Wildman–Crippen LogP) is 7.36. The van der Waals surface area contributed by atoms with E-state index in [0.29, 0.717) is 58.2 Å². The molecule has 0 fully saturated rings. The van der Waals surface area contributed by atoms with E-state index in [1.807, 2.05) is 55.4 Å². The highest BCUT2D eigenvalue weighted by Crippen LogP contribution is 2.52. The van der Waals surface area contributed by atoms with Gasteiger partial charge in [0.1, 0.15) is 11.4 Å². The minimum Gasteiger partial charge on any atom is -0.466 e. The van der Waals surface area contributed by atoms with Crippen molar-refractivity contribution in [2.24, 2.45) is 0 Å². The van der Waals surface area contributed by atoms with Gasteiger partial charge in [0.25, 0.3) is 30.4 Å². The Kier molecular flexibility index (Phi) is 16.6. The SMILES string of the molecule is CCOC(=O)CCCN(C)S(=O)(=O)c1cccc2c3c(ccc12)N(CCCS(=O)(=O)O)/C(=C/C=C/C=C/C1=[N+](CCCSOOO)c2ccc4c(S(=O)(=O)O)cc(S(=O)(=O)O)cc4c2C1(C)C)C3(C)C. The first-order valence-corrected chi connectivity index (χ1v) is 28.8. The molecule has 4 N–H and O–H groups in total. The molecule has 0 radical (unpaired) electrons. The first kappa shape index (κ1) is 54.8. The van der Waals surface area contributed by atoms with Crippen LogP contribution in [0, 0.1) is 0 Å². The maximum atomic E-state index is 14.0. The summed E-state index contributed by atoms with van der Waals surface area (Å²) in [6.45, 7) is 10.2. The molecule has 2 aliphatic heterocycles. The number of esters is 1. The Morgan fingerprint density at radius 1 is 0.800 bits per heavy atom. The van der Waals surface area contributed by atoms with E-state index in [1.54, 1.807) is 49.4 Å².